The zero-order chi connectivity index (χ0) is 18.5. The second-order valence-corrected chi connectivity index (χ2v) is 7.55. The normalized spacial score (nSPS) is 22.1. The molecule has 1 saturated heterocycles. The molecule has 6 nitrogen and oxygen atoms in total. The highest BCUT2D eigenvalue weighted by Gasteiger charge is 2.38. The smallest absolute Gasteiger partial charge is 0.244 e. The summed E-state index contributed by atoms with van der Waals surface area (Å²) in [6.45, 7) is 4.47. The third kappa shape index (κ3) is 4.28. The molecule has 27 heavy (non-hydrogen) atoms. The van der Waals surface area contributed by atoms with Gasteiger partial charge in [0.2, 0.25) is 12.7 Å². The van der Waals surface area contributed by atoms with E-state index in [-0.39, 0.29) is 18.2 Å². The quantitative estimate of drug-likeness (QED) is 0.805. The van der Waals surface area contributed by atoms with Crippen LogP contribution in [-0.4, -0.2) is 56.0 Å². The van der Waals surface area contributed by atoms with Gasteiger partial charge in [0.1, 0.15) is 0 Å². The van der Waals surface area contributed by atoms with E-state index in [0.29, 0.717) is 6.54 Å². The molecule has 1 saturated carbocycles. The number of amides is 1. The Bertz CT molecular complexity index is 691. The number of nitrogens with one attached hydrogen (secondary N) is 1. The fourth-order valence-electron chi connectivity index (χ4n) is 4.35. The fourth-order valence-corrected chi connectivity index (χ4v) is 4.35. The number of hydrogen-bond acceptors (Lipinski definition) is 5. The van der Waals surface area contributed by atoms with Gasteiger partial charge in [0, 0.05) is 31.2 Å². The lowest BCUT2D eigenvalue weighted by Crippen LogP contribution is -2.59. The zero-order valence-corrected chi connectivity index (χ0v) is 15.7. The highest BCUT2D eigenvalue weighted by atomic mass is 16.7. The maximum Gasteiger partial charge on any atom is 0.244 e. The Morgan fingerprint density at radius 3 is 2.70 bits per heavy atom. The minimum absolute atomic E-state index is 0.0501. The lowest BCUT2D eigenvalue weighted by molar-refractivity contribution is -0.117. The van der Waals surface area contributed by atoms with Gasteiger partial charge in [-0.05, 0) is 36.6 Å². The van der Waals surface area contributed by atoms with Crippen LogP contribution in [0.1, 0.15) is 37.7 Å². The fraction of sp³-hybridized carbons (Fsp3) is 0.571. The molecule has 2 heterocycles. The lowest BCUT2D eigenvalue weighted by Gasteiger charge is -2.48. The number of hydrogen-bond donors (Lipinski definition) is 1. The Kier molecular flexibility index (Phi) is 5.64. The molecule has 0 unspecified atom stereocenters. The van der Waals surface area contributed by atoms with Gasteiger partial charge in [-0.3, -0.25) is 9.69 Å². The molecule has 1 aromatic carbocycles. The average molecular weight is 372 g/mol. The number of ether oxygens (including phenoxy) is 3. The molecule has 1 amide bonds. The molecule has 1 aromatic rings. The van der Waals surface area contributed by atoms with Crippen molar-refractivity contribution in [3.8, 4) is 11.5 Å². The van der Waals surface area contributed by atoms with Crippen molar-refractivity contribution >= 4 is 12.0 Å². The first-order valence-electron chi connectivity index (χ1n) is 9.94. The van der Waals surface area contributed by atoms with E-state index in [4.69, 9.17) is 14.2 Å². The number of carbonyl (C=O) groups excluding carboxylic acids is 1. The van der Waals surface area contributed by atoms with E-state index in [9.17, 15) is 4.79 Å². The number of carbonyl (C=O) groups is 1. The number of rotatable bonds is 5. The predicted octanol–water partition coefficient (Wildman–Crippen LogP) is 2.58. The van der Waals surface area contributed by atoms with Crippen molar-refractivity contribution in [1.82, 2.24) is 10.2 Å². The van der Waals surface area contributed by atoms with Gasteiger partial charge in [-0.2, -0.15) is 0 Å². The second-order valence-electron chi connectivity index (χ2n) is 7.55. The lowest BCUT2D eigenvalue weighted by atomic mass is 9.79. The standard InChI is InChI=1S/C21H28N2O4/c24-20(7-5-17-4-6-18-19(14-17)27-16-26-18)22-15-21(8-2-1-3-9-21)23-10-12-25-13-11-23/h4-7,14H,1-3,8-13,15-16H2,(H,22,24). The summed E-state index contributed by atoms with van der Waals surface area (Å²) in [7, 11) is 0. The van der Waals surface area contributed by atoms with Gasteiger partial charge in [0.25, 0.3) is 0 Å². The van der Waals surface area contributed by atoms with Crippen molar-refractivity contribution < 1.29 is 19.0 Å². The number of morpholine rings is 1. The van der Waals surface area contributed by atoms with E-state index >= 15 is 0 Å². The van der Waals surface area contributed by atoms with E-state index in [1.165, 1.54) is 19.3 Å². The molecular weight excluding hydrogens is 344 g/mol. The van der Waals surface area contributed by atoms with Crippen molar-refractivity contribution in [3.63, 3.8) is 0 Å². The van der Waals surface area contributed by atoms with Crippen LogP contribution in [0.5, 0.6) is 11.5 Å². The Morgan fingerprint density at radius 1 is 1.11 bits per heavy atom. The number of fused-ring (bicyclic) bond motifs is 1. The van der Waals surface area contributed by atoms with Crippen LogP contribution in [0.15, 0.2) is 24.3 Å². The van der Waals surface area contributed by atoms with E-state index in [1.807, 2.05) is 24.3 Å². The molecule has 1 aliphatic carbocycles. The van der Waals surface area contributed by atoms with Gasteiger partial charge >= 0.3 is 0 Å². The third-order valence-corrected chi connectivity index (χ3v) is 5.88. The Hall–Kier alpha value is -2.05. The summed E-state index contributed by atoms with van der Waals surface area (Å²) in [6.07, 6.45) is 9.50. The molecule has 0 bridgehead atoms. The van der Waals surface area contributed by atoms with Crippen molar-refractivity contribution in [3.05, 3.63) is 29.8 Å². The van der Waals surface area contributed by atoms with Gasteiger partial charge in [0.15, 0.2) is 11.5 Å². The SMILES string of the molecule is O=C(C=Cc1ccc2c(c1)OCO2)NCC1(N2CCOCC2)CCCCC1. The molecule has 4 rings (SSSR count). The molecule has 0 radical (unpaired) electrons. The molecule has 2 aliphatic heterocycles. The Balaban J connectivity index is 1.36. The van der Waals surface area contributed by atoms with E-state index in [0.717, 1.165) is 56.2 Å². The largest absolute Gasteiger partial charge is 0.454 e. The molecule has 0 atom stereocenters. The van der Waals surface area contributed by atoms with Crippen LogP contribution in [0.25, 0.3) is 6.08 Å². The Morgan fingerprint density at radius 2 is 1.89 bits per heavy atom. The molecule has 0 aromatic heterocycles. The van der Waals surface area contributed by atoms with Crippen LogP contribution in [0, 0.1) is 0 Å². The second kappa shape index (κ2) is 8.31. The topological polar surface area (TPSA) is 60.0 Å². The molecule has 2 fully saturated rings. The maximum atomic E-state index is 12.4. The first kappa shape index (κ1) is 18.3. The van der Waals surface area contributed by atoms with Gasteiger partial charge in [-0.15, -0.1) is 0 Å². The number of benzene rings is 1. The Labute approximate surface area is 160 Å². The van der Waals surface area contributed by atoms with E-state index in [2.05, 4.69) is 10.2 Å². The van der Waals surface area contributed by atoms with Gasteiger partial charge in [-0.25, -0.2) is 0 Å². The highest BCUT2D eigenvalue weighted by molar-refractivity contribution is 5.91. The summed E-state index contributed by atoms with van der Waals surface area (Å²) in [5.41, 5.74) is 1.01. The molecular formula is C21H28N2O4. The third-order valence-electron chi connectivity index (χ3n) is 5.88. The van der Waals surface area contributed by atoms with E-state index in [1.54, 1.807) is 6.08 Å². The van der Waals surface area contributed by atoms with Gasteiger partial charge in [0.05, 0.1) is 13.2 Å². The summed E-state index contributed by atoms with van der Waals surface area (Å²) < 4.78 is 16.2. The average Bonchev–Trinajstić information content (AvgIpc) is 3.20. The van der Waals surface area contributed by atoms with Crippen LogP contribution in [-0.2, 0) is 9.53 Å². The monoisotopic (exact) mass is 372 g/mol. The van der Waals surface area contributed by atoms with Gasteiger partial charge in [-0.1, -0.05) is 25.3 Å². The van der Waals surface area contributed by atoms with Crippen LogP contribution in [0.4, 0.5) is 0 Å². The first-order chi connectivity index (χ1) is 13.3. The number of nitrogens with zero attached hydrogens (tertiary/aromatic N) is 1. The predicted molar refractivity (Wildman–Crippen MR) is 103 cm³/mol. The van der Waals surface area contributed by atoms with Crippen LogP contribution < -0.4 is 14.8 Å². The highest BCUT2D eigenvalue weighted by Crippen LogP contribution is 2.34. The van der Waals surface area contributed by atoms with Gasteiger partial charge < -0.3 is 19.5 Å². The molecule has 146 valence electrons. The maximum absolute atomic E-state index is 12.4. The van der Waals surface area contributed by atoms with Crippen molar-refractivity contribution in [1.29, 1.82) is 0 Å². The minimum atomic E-state index is -0.0501. The first-order valence-corrected chi connectivity index (χ1v) is 9.94. The van der Waals surface area contributed by atoms with Crippen LogP contribution >= 0.6 is 0 Å². The summed E-state index contributed by atoms with van der Waals surface area (Å²) in [5.74, 6) is 1.43. The minimum Gasteiger partial charge on any atom is -0.454 e. The molecule has 3 aliphatic rings. The summed E-state index contributed by atoms with van der Waals surface area (Å²) in [4.78, 5) is 15.0. The zero-order valence-electron chi connectivity index (χ0n) is 15.7. The summed E-state index contributed by atoms with van der Waals surface area (Å²) >= 11 is 0. The molecule has 1 N–H and O–H groups in total. The van der Waals surface area contributed by atoms with Crippen molar-refractivity contribution in [2.24, 2.45) is 0 Å². The summed E-state index contributed by atoms with van der Waals surface area (Å²) in [6, 6.07) is 5.69. The van der Waals surface area contributed by atoms with Crippen molar-refractivity contribution in [2.45, 2.75) is 37.6 Å². The molecule has 6 heteroatoms. The van der Waals surface area contributed by atoms with Crippen molar-refractivity contribution in [2.75, 3.05) is 39.6 Å². The van der Waals surface area contributed by atoms with Crippen LogP contribution in [0.2, 0.25) is 0 Å². The molecule has 0 spiro atoms. The van der Waals surface area contributed by atoms with E-state index < -0.39 is 0 Å². The summed E-state index contributed by atoms with van der Waals surface area (Å²) in [5, 5.41) is 3.15. The van der Waals surface area contributed by atoms with Crippen LogP contribution in [0.3, 0.4) is 0 Å².